The maximum absolute atomic E-state index is 13.3. The van der Waals surface area contributed by atoms with E-state index in [9.17, 15) is 22.4 Å². The number of hydrogen-bond acceptors (Lipinski definition) is 4. The number of rotatable bonds is 4. The van der Waals surface area contributed by atoms with Crippen molar-refractivity contribution in [2.24, 2.45) is 5.73 Å². The van der Waals surface area contributed by atoms with Crippen LogP contribution in [-0.2, 0) is 17.4 Å². The van der Waals surface area contributed by atoms with Crippen LogP contribution in [0.2, 0.25) is 0 Å². The molecule has 0 aliphatic carbocycles. The van der Waals surface area contributed by atoms with E-state index in [0.29, 0.717) is 5.56 Å². The van der Waals surface area contributed by atoms with Crippen LogP contribution >= 0.6 is 11.6 Å². The van der Waals surface area contributed by atoms with Crippen LogP contribution in [0.3, 0.4) is 0 Å². The van der Waals surface area contributed by atoms with Crippen LogP contribution < -0.4 is 5.73 Å². The van der Waals surface area contributed by atoms with Gasteiger partial charge < -0.3 is 5.73 Å². The van der Waals surface area contributed by atoms with Crippen LogP contribution in [0.25, 0.3) is 5.57 Å². The lowest BCUT2D eigenvalue weighted by Gasteiger charge is -2.10. The maximum atomic E-state index is 13.3. The van der Waals surface area contributed by atoms with Gasteiger partial charge in [-0.25, -0.2) is 14.4 Å². The Kier molecular flexibility index (Phi) is 5.18. The van der Waals surface area contributed by atoms with Gasteiger partial charge in [0, 0.05) is 25.0 Å². The number of aromatic nitrogens is 2. The molecule has 0 radical (unpaired) electrons. The third-order valence-corrected chi connectivity index (χ3v) is 3.27. The molecule has 1 aromatic carbocycles. The number of nitrogens with two attached hydrogens (primary N) is 1. The maximum Gasteiger partial charge on any atom is 0.419 e. The normalized spacial score (nSPS) is 12.3. The smallest absolute Gasteiger partial charge is 0.404 e. The van der Waals surface area contributed by atoms with Crippen LogP contribution in [0.4, 0.5) is 17.6 Å². The summed E-state index contributed by atoms with van der Waals surface area (Å²) in [7, 11) is 0. The molecule has 0 saturated heterocycles. The SMILES string of the molecule is N/C=C(/C(=O)Cl)c1ncc(Cc2ccc(F)c(C(F)(F)F)c2)cn1. The van der Waals surface area contributed by atoms with Gasteiger partial charge in [0.25, 0.3) is 5.24 Å². The molecule has 24 heavy (non-hydrogen) atoms. The standard InChI is InChI=1S/C15H10ClF4N3O/c16-13(24)10(5-21)14-22-6-9(7-23-14)3-8-1-2-12(17)11(4-8)15(18,19)20/h1-2,4-7H,3,21H2/b10-5-. The fraction of sp³-hybridized carbons (Fsp3) is 0.133. The van der Waals surface area contributed by atoms with Crippen LogP contribution in [0, 0.1) is 5.82 Å². The first kappa shape index (κ1) is 17.9. The predicted octanol–water partition coefficient (Wildman–Crippen LogP) is 3.29. The second-order valence-corrected chi connectivity index (χ2v) is 5.10. The highest BCUT2D eigenvalue weighted by atomic mass is 35.5. The molecule has 0 amide bonds. The van der Waals surface area contributed by atoms with E-state index < -0.39 is 22.8 Å². The van der Waals surface area contributed by atoms with Crippen molar-refractivity contribution in [3.8, 4) is 0 Å². The van der Waals surface area contributed by atoms with E-state index in [-0.39, 0.29) is 23.4 Å². The molecule has 0 fully saturated rings. The fourth-order valence-electron chi connectivity index (χ4n) is 1.95. The molecular formula is C15H10ClF4N3O. The van der Waals surface area contributed by atoms with Gasteiger partial charge in [0.1, 0.15) is 5.82 Å². The van der Waals surface area contributed by atoms with Crippen LogP contribution in [0.15, 0.2) is 36.8 Å². The van der Waals surface area contributed by atoms with Crippen molar-refractivity contribution in [2.75, 3.05) is 0 Å². The van der Waals surface area contributed by atoms with Crippen molar-refractivity contribution in [1.82, 2.24) is 9.97 Å². The Morgan fingerprint density at radius 1 is 1.21 bits per heavy atom. The lowest BCUT2D eigenvalue weighted by Crippen LogP contribution is -2.09. The number of alkyl halides is 3. The third kappa shape index (κ3) is 4.08. The van der Waals surface area contributed by atoms with E-state index in [1.165, 1.54) is 18.5 Å². The number of halogens is 5. The molecule has 2 aromatic rings. The summed E-state index contributed by atoms with van der Waals surface area (Å²) in [4.78, 5) is 18.9. The Labute approximate surface area is 139 Å². The molecule has 2 rings (SSSR count). The molecule has 0 aliphatic heterocycles. The summed E-state index contributed by atoms with van der Waals surface area (Å²) in [6.07, 6.45) is -1.12. The molecular weight excluding hydrogens is 350 g/mol. The van der Waals surface area contributed by atoms with Gasteiger partial charge in [0.15, 0.2) is 5.82 Å². The quantitative estimate of drug-likeness (QED) is 0.516. The summed E-state index contributed by atoms with van der Waals surface area (Å²) in [5, 5.41) is -0.835. The highest BCUT2D eigenvalue weighted by Crippen LogP contribution is 2.32. The van der Waals surface area contributed by atoms with E-state index >= 15 is 0 Å². The van der Waals surface area contributed by atoms with Gasteiger partial charge in [-0.15, -0.1) is 0 Å². The molecule has 0 bridgehead atoms. The molecule has 2 N–H and O–H groups in total. The Hall–Kier alpha value is -2.48. The lowest BCUT2D eigenvalue weighted by molar-refractivity contribution is -0.140. The Morgan fingerprint density at radius 3 is 2.33 bits per heavy atom. The monoisotopic (exact) mass is 359 g/mol. The molecule has 1 heterocycles. The van der Waals surface area contributed by atoms with Gasteiger partial charge in [0.2, 0.25) is 0 Å². The van der Waals surface area contributed by atoms with Gasteiger partial charge in [-0.1, -0.05) is 6.07 Å². The first-order chi connectivity index (χ1) is 11.2. The van der Waals surface area contributed by atoms with Gasteiger partial charge in [-0.2, -0.15) is 13.2 Å². The van der Waals surface area contributed by atoms with Crippen LogP contribution in [-0.4, -0.2) is 15.2 Å². The average Bonchev–Trinajstić information content (AvgIpc) is 2.50. The number of allylic oxidation sites excluding steroid dienone is 1. The Morgan fingerprint density at radius 2 is 1.83 bits per heavy atom. The number of carbonyl (C=O) groups excluding carboxylic acids is 1. The summed E-state index contributed by atoms with van der Waals surface area (Å²) < 4.78 is 51.3. The Bertz CT molecular complexity index is 788. The lowest BCUT2D eigenvalue weighted by atomic mass is 10.0. The summed E-state index contributed by atoms with van der Waals surface area (Å²) >= 11 is 5.31. The van der Waals surface area contributed by atoms with Crippen molar-refractivity contribution in [3.05, 3.63) is 65.1 Å². The predicted molar refractivity (Wildman–Crippen MR) is 79.3 cm³/mol. The fourth-order valence-corrected chi connectivity index (χ4v) is 2.10. The summed E-state index contributed by atoms with van der Waals surface area (Å²) in [5.74, 6) is -1.34. The highest BCUT2D eigenvalue weighted by molar-refractivity contribution is 6.74. The van der Waals surface area contributed by atoms with E-state index in [1.54, 1.807) is 0 Å². The highest BCUT2D eigenvalue weighted by Gasteiger charge is 2.34. The second kappa shape index (κ2) is 6.96. The zero-order valence-electron chi connectivity index (χ0n) is 11.9. The zero-order valence-corrected chi connectivity index (χ0v) is 12.7. The molecule has 1 aromatic heterocycles. The molecule has 4 nitrogen and oxygen atoms in total. The minimum Gasteiger partial charge on any atom is -0.404 e. The first-order valence-electron chi connectivity index (χ1n) is 6.51. The number of nitrogens with zero attached hydrogens (tertiary/aromatic N) is 2. The molecule has 0 unspecified atom stereocenters. The number of benzene rings is 1. The average molecular weight is 360 g/mol. The minimum absolute atomic E-state index is 0.00339. The van der Waals surface area contributed by atoms with Crippen molar-refractivity contribution >= 4 is 22.4 Å². The first-order valence-corrected chi connectivity index (χ1v) is 6.89. The van der Waals surface area contributed by atoms with E-state index in [1.807, 2.05) is 0 Å². The summed E-state index contributed by atoms with van der Waals surface area (Å²) in [5.41, 5.74) is 4.53. The molecule has 9 heteroatoms. The van der Waals surface area contributed by atoms with Gasteiger partial charge >= 0.3 is 6.18 Å². The van der Waals surface area contributed by atoms with E-state index in [4.69, 9.17) is 17.3 Å². The van der Waals surface area contributed by atoms with Crippen molar-refractivity contribution in [3.63, 3.8) is 0 Å². The zero-order chi connectivity index (χ0) is 17.9. The minimum atomic E-state index is -4.78. The van der Waals surface area contributed by atoms with Crippen molar-refractivity contribution < 1.29 is 22.4 Å². The largest absolute Gasteiger partial charge is 0.419 e. The molecule has 0 spiro atoms. The molecule has 126 valence electrons. The topological polar surface area (TPSA) is 68.9 Å². The molecule has 0 saturated carbocycles. The van der Waals surface area contributed by atoms with E-state index in [2.05, 4.69) is 9.97 Å². The van der Waals surface area contributed by atoms with Gasteiger partial charge in [0.05, 0.1) is 11.1 Å². The number of carbonyl (C=O) groups is 1. The van der Waals surface area contributed by atoms with Gasteiger partial charge in [-0.05, 0) is 34.9 Å². The van der Waals surface area contributed by atoms with Crippen molar-refractivity contribution in [2.45, 2.75) is 12.6 Å². The van der Waals surface area contributed by atoms with Crippen molar-refractivity contribution in [1.29, 1.82) is 0 Å². The second-order valence-electron chi connectivity index (χ2n) is 4.76. The Balaban J connectivity index is 2.25. The number of hydrogen-bond donors (Lipinski definition) is 1. The third-order valence-electron chi connectivity index (χ3n) is 3.07. The van der Waals surface area contributed by atoms with Crippen LogP contribution in [0.5, 0.6) is 0 Å². The van der Waals surface area contributed by atoms with Crippen LogP contribution in [0.1, 0.15) is 22.5 Å². The summed E-state index contributed by atoms with van der Waals surface area (Å²) in [6.45, 7) is 0. The summed E-state index contributed by atoms with van der Waals surface area (Å²) in [6, 6.07) is 2.73. The van der Waals surface area contributed by atoms with Gasteiger partial charge in [-0.3, -0.25) is 4.79 Å². The molecule has 0 atom stereocenters. The molecule has 0 aliphatic rings. The van der Waals surface area contributed by atoms with E-state index in [0.717, 1.165) is 18.3 Å².